The SMILES string of the molecule is C=CCN(C(=O)CN1CCN(S(=O)(=O)c2cc(C)ccc2C)CC1)c1ccccc1. The van der Waals surface area contributed by atoms with Crippen LogP contribution >= 0.6 is 0 Å². The molecular formula is C23H29N3O3S. The number of amides is 1. The molecule has 0 spiro atoms. The number of hydrogen-bond donors (Lipinski definition) is 0. The summed E-state index contributed by atoms with van der Waals surface area (Å²) in [6, 6.07) is 15.0. The molecule has 0 saturated carbocycles. The van der Waals surface area contributed by atoms with E-state index in [4.69, 9.17) is 0 Å². The predicted molar refractivity (Wildman–Crippen MR) is 120 cm³/mol. The van der Waals surface area contributed by atoms with Crippen molar-refractivity contribution in [1.29, 1.82) is 0 Å². The summed E-state index contributed by atoms with van der Waals surface area (Å²) in [5.41, 5.74) is 2.51. The summed E-state index contributed by atoms with van der Waals surface area (Å²) in [6.45, 7) is 9.93. The molecule has 2 aromatic carbocycles. The van der Waals surface area contributed by atoms with Gasteiger partial charge in [-0.15, -0.1) is 6.58 Å². The molecule has 1 heterocycles. The monoisotopic (exact) mass is 427 g/mol. The third-order valence-corrected chi connectivity index (χ3v) is 7.37. The highest BCUT2D eigenvalue weighted by molar-refractivity contribution is 7.89. The summed E-state index contributed by atoms with van der Waals surface area (Å²) < 4.78 is 27.7. The molecule has 160 valence electrons. The van der Waals surface area contributed by atoms with Crippen LogP contribution in [0.1, 0.15) is 11.1 Å². The van der Waals surface area contributed by atoms with Gasteiger partial charge in [0.05, 0.1) is 11.4 Å². The first-order valence-corrected chi connectivity index (χ1v) is 11.5. The number of carbonyl (C=O) groups excluding carboxylic acids is 1. The van der Waals surface area contributed by atoms with E-state index in [-0.39, 0.29) is 12.5 Å². The van der Waals surface area contributed by atoms with E-state index in [2.05, 4.69) is 6.58 Å². The maximum Gasteiger partial charge on any atom is 0.243 e. The number of sulfonamides is 1. The van der Waals surface area contributed by atoms with Crippen LogP contribution < -0.4 is 4.90 Å². The summed E-state index contributed by atoms with van der Waals surface area (Å²) >= 11 is 0. The summed E-state index contributed by atoms with van der Waals surface area (Å²) in [6.07, 6.45) is 1.71. The fraction of sp³-hybridized carbons (Fsp3) is 0.348. The highest BCUT2D eigenvalue weighted by atomic mass is 32.2. The van der Waals surface area contributed by atoms with Crippen LogP contribution in [0.3, 0.4) is 0 Å². The molecule has 3 rings (SSSR count). The van der Waals surface area contributed by atoms with Crippen molar-refractivity contribution in [3.05, 3.63) is 72.3 Å². The van der Waals surface area contributed by atoms with Crippen LogP contribution in [0.2, 0.25) is 0 Å². The molecule has 0 aliphatic carbocycles. The van der Waals surface area contributed by atoms with E-state index >= 15 is 0 Å². The molecule has 1 fully saturated rings. The van der Waals surface area contributed by atoms with Gasteiger partial charge in [0.2, 0.25) is 15.9 Å². The Morgan fingerprint density at radius 3 is 2.37 bits per heavy atom. The normalized spacial score (nSPS) is 15.7. The van der Waals surface area contributed by atoms with E-state index in [1.165, 1.54) is 4.31 Å². The van der Waals surface area contributed by atoms with Gasteiger partial charge < -0.3 is 4.90 Å². The molecular weight excluding hydrogens is 398 g/mol. The van der Waals surface area contributed by atoms with Crippen LogP contribution in [-0.4, -0.2) is 62.8 Å². The third-order valence-electron chi connectivity index (χ3n) is 5.33. The average molecular weight is 428 g/mol. The number of aryl methyl sites for hydroxylation is 2. The zero-order chi connectivity index (χ0) is 21.7. The van der Waals surface area contributed by atoms with E-state index < -0.39 is 10.0 Å². The molecule has 1 amide bonds. The van der Waals surface area contributed by atoms with Crippen molar-refractivity contribution in [2.24, 2.45) is 0 Å². The van der Waals surface area contributed by atoms with Crippen molar-refractivity contribution in [2.75, 3.05) is 44.2 Å². The standard InChI is InChI=1S/C23H29N3O3S/c1-4-12-26(21-8-6-5-7-9-21)23(27)18-24-13-15-25(16-14-24)30(28,29)22-17-19(2)10-11-20(22)3/h4-11,17H,1,12-16,18H2,2-3H3. The lowest BCUT2D eigenvalue weighted by atomic mass is 10.2. The van der Waals surface area contributed by atoms with Gasteiger partial charge in [0.25, 0.3) is 0 Å². The van der Waals surface area contributed by atoms with Gasteiger partial charge >= 0.3 is 0 Å². The minimum absolute atomic E-state index is 0.0214. The van der Waals surface area contributed by atoms with E-state index in [1.807, 2.05) is 61.2 Å². The van der Waals surface area contributed by atoms with Crippen molar-refractivity contribution < 1.29 is 13.2 Å². The number of hydrogen-bond acceptors (Lipinski definition) is 4. The second kappa shape index (κ2) is 9.55. The maximum absolute atomic E-state index is 13.1. The molecule has 30 heavy (non-hydrogen) atoms. The molecule has 1 aliphatic heterocycles. The topological polar surface area (TPSA) is 60.9 Å². The van der Waals surface area contributed by atoms with Gasteiger partial charge in [-0.25, -0.2) is 8.42 Å². The zero-order valence-corrected chi connectivity index (χ0v) is 18.4. The second-order valence-electron chi connectivity index (χ2n) is 7.58. The number of benzene rings is 2. The fourth-order valence-electron chi connectivity index (χ4n) is 3.62. The molecule has 0 atom stereocenters. The molecule has 0 radical (unpaired) electrons. The van der Waals surface area contributed by atoms with Crippen molar-refractivity contribution in [3.8, 4) is 0 Å². The number of anilines is 1. The number of carbonyl (C=O) groups is 1. The largest absolute Gasteiger partial charge is 0.308 e. The van der Waals surface area contributed by atoms with Crippen LogP contribution in [0.25, 0.3) is 0 Å². The van der Waals surface area contributed by atoms with E-state index in [0.717, 1.165) is 16.8 Å². The number of rotatable bonds is 7. The lowest BCUT2D eigenvalue weighted by Crippen LogP contribution is -2.51. The first kappa shape index (κ1) is 22.2. The van der Waals surface area contributed by atoms with Gasteiger partial charge in [-0.1, -0.05) is 36.4 Å². The Labute approximate surface area is 179 Å². The first-order valence-electron chi connectivity index (χ1n) is 10.1. The Morgan fingerprint density at radius 1 is 1.07 bits per heavy atom. The number of nitrogens with zero attached hydrogens (tertiary/aromatic N) is 3. The van der Waals surface area contributed by atoms with Gasteiger partial charge in [0.1, 0.15) is 0 Å². The molecule has 1 saturated heterocycles. The van der Waals surface area contributed by atoms with Crippen molar-refractivity contribution in [3.63, 3.8) is 0 Å². The van der Waals surface area contributed by atoms with E-state index in [0.29, 0.717) is 37.6 Å². The molecule has 1 aliphatic rings. The van der Waals surface area contributed by atoms with Crippen LogP contribution in [0, 0.1) is 13.8 Å². The van der Waals surface area contributed by atoms with Crippen molar-refractivity contribution >= 4 is 21.6 Å². The van der Waals surface area contributed by atoms with E-state index in [9.17, 15) is 13.2 Å². The number of piperazine rings is 1. The Bertz CT molecular complexity index is 998. The highest BCUT2D eigenvalue weighted by Gasteiger charge is 2.30. The van der Waals surface area contributed by atoms with E-state index in [1.54, 1.807) is 17.0 Å². The summed E-state index contributed by atoms with van der Waals surface area (Å²) in [5, 5.41) is 0. The molecule has 0 N–H and O–H groups in total. The van der Waals surface area contributed by atoms with Crippen molar-refractivity contribution in [2.45, 2.75) is 18.7 Å². The van der Waals surface area contributed by atoms with Crippen LogP contribution in [-0.2, 0) is 14.8 Å². The molecule has 0 unspecified atom stereocenters. The number of para-hydroxylation sites is 1. The summed E-state index contributed by atoms with van der Waals surface area (Å²) in [4.78, 5) is 17.0. The summed E-state index contributed by atoms with van der Waals surface area (Å²) in [5.74, 6) is -0.0214. The maximum atomic E-state index is 13.1. The fourth-order valence-corrected chi connectivity index (χ4v) is 5.35. The zero-order valence-electron chi connectivity index (χ0n) is 17.6. The Balaban J connectivity index is 1.64. The Hall–Kier alpha value is -2.48. The van der Waals surface area contributed by atoms with Gasteiger partial charge in [-0.05, 0) is 43.2 Å². The van der Waals surface area contributed by atoms with Gasteiger partial charge in [-0.2, -0.15) is 4.31 Å². The Kier molecular flexibility index (Phi) is 7.07. The minimum Gasteiger partial charge on any atom is -0.308 e. The molecule has 0 bridgehead atoms. The van der Waals surface area contributed by atoms with Crippen LogP contribution in [0.4, 0.5) is 5.69 Å². The smallest absolute Gasteiger partial charge is 0.243 e. The minimum atomic E-state index is -3.54. The quantitative estimate of drug-likeness (QED) is 0.638. The highest BCUT2D eigenvalue weighted by Crippen LogP contribution is 2.22. The van der Waals surface area contributed by atoms with Gasteiger partial charge in [-0.3, -0.25) is 9.69 Å². The average Bonchev–Trinajstić information content (AvgIpc) is 2.74. The van der Waals surface area contributed by atoms with Gasteiger partial charge in [0.15, 0.2) is 0 Å². The molecule has 6 nitrogen and oxygen atoms in total. The summed E-state index contributed by atoms with van der Waals surface area (Å²) in [7, 11) is -3.54. The molecule has 0 aromatic heterocycles. The molecule has 7 heteroatoms. The predicted octanol–water partition coefficient (Wildman–Crippen LogP) is 2.83. The lowest BCUT2D eigenvalue weighted by molar-refractivity contribution is -0.119. The third kappa shape index (κ3) is 4.98. The van der Waals surface area contributed by atoms with Gasteiger partial charge in [0, 0.05) is 38.4 Å². The van der Waals surface area contributed by atoms with Crippen LogP contribution in [0.15, 0.2) is 66.1 Å². The lowest BCUT2D eigenvalue weighted by Gasteiger charge is -2.35. The molecule has 2 aromatic rings. The second-order valence-corrected chi connectivity index (χ2v) is 9.48. The first-order chi connectivity index (χ1) is 14.3. The Morgan fingerprint density at radius 2 is 1.73 bits per heavy atom. The van der Waals surface area contributed by atoms with Crippen LogP contribution in [0.5, 0.6) is 0 Å². The van der Waals surface area contributed by atoms with Crippen molar-refractivity contribution in [1.82, 2.24) is 9.21 Å².